The molecule has 0 saturated heterocycles. The quantitative estimate of drug-likeness (QED) is 0.644. The largest absolute Gasteiger partial charge is 0.333 e. The van der Waals surface area contributed by atoms with Crippen LogP contribution in [0, 0.1) is 17.2 Å². The molecule has 0 aliphatic carbocycles. The van der Waals surface area contributed by atoms with Crippen molar-refractivity contribution in [1.29, 1.82) is 5.26 Å². The van der Waals surface area contributed by atoms with Gasteiger partial charge < -0.3 is 4.57 Å². The number of carbonyl (C=O) groups excluding carboxylic acids is 1. The summed E-state index contributed by atoms with van der Waals surface area (Å²) in [6, 6.07) is 5.38. The van der Waals surface area contributed by atoms with Crippen LogP contribution in [-0.2, 0) is 7.05 Å². The number of rotatable bonds is 2. The molecule has 0 amide bonds. The van der Waals surface area contributed by atoms with Crippen molar-refractivity contribution in [3.05, 3.63) is 23.5 Å². The van der Waals surface area contributed by atoms with Crippen LogP contribution in [0.5, 0.6) is 0 Å². The van der Waals surface area contributed by atoms with E-state index in [2.05, 4.69) is 0 Å². The van der Waals surface area contributed by atoms with E-state index in [0.29, 0.717) is 11.4 Å². The fraction of sp³-hybridized carbons (Fsp3) is 0.400. The number of Topliss-reactive ketones (excluding diaryl/α,β-unsaturated/α-hetero) is 1. The predicted octanol–water partition coefficient (Wildman–Crippen LogP) is 1.74. The highest BCUT2D eigenvalue weighted by atomic mass is 16.1. The van der Waals surface area contributed by atoms with Gasteiger partial charge in [-0.15, -0.1) is 0 Å². The van der Waals surface area contributed by atoms with Crippen molar-refractivity contribution in [3.8, 4) is 6.07 Å². The van der Waals surface area contributed by atoms with Gasteiger partial charge in [0.25, 0.3) is 0 Å². The van der Waals surface area contributed by atoms with Crippen LogP contribution < -0.4 is 0 Å². The molecule has 1 rings (SSSR count). The maximum atomic E-state index is 11.6. The van der Waals surface area contributed by atoms with Gasteiger partial charge in [0.2, 0.25) is 0 Å². The molecule has 0 bridgehead atoms. The van der Waals surface area contributed by atoms with Crippen LogP contribution in [0.4, 0.5) is 0 Å². The molecule has 0 aromatic carbocycles. The minimum Gasteiger partial charge on any atom is -0.333 e. The second-order valence-electron chi connectivity index (χ2n) is 3.29. The maximum Gasteiger partial charge on any atom is 0.181 e. The lowest BCUT2D eigenvalue weighted by Crippen LogP contribution is -2.12. The molecular formula is C10H12N2O. The monoisotopic (exact) mass is 176 g/mol. The minimum atomic E-state index is -0.0276. The SMILES string of the molecule is CC(C)C(=O)c1ccc(C#N)n1C. The molecule has 0 aliphatic rings. The summed E-state index contributed by atoms with van der Waals surface area (Å²) in [6.07, 6.45) is 0. The first-order chi connectivity index (χ1) is 6.07. The molecule has 0 radical (unpaired) electrons. The van der Waals surface area contributed by atoms with Gasteiger partial charge in [0.05, 0.1) is 5.69 Å². The topological polar surface area (TPSA) is 45.8 Å². The highest BCUT2D eigenvalue weighted by Gasteiger charge is 2.14. The molecule has 0 spiro atoms. The smallest absolute Gasteiger partial charge is 0.181 e. The lowest BCUT2D eigenvalue weighted by Gasteiger charge is -2.05. The lowest BCUT2D eigenvalue weighted by molar-refractivity contribution is 0.0931. The summed E-state index contributed by atoms with van der Waals surface area (Å²) in [4.78, 5) is 11.6. The van der Waals surface area contributed by atoms with Crippen molar-refractivity contribution in [2.75, 3.05) is 0 Å². The Hall–Kier alpha value is -1.56. The van der Waals surface area contributed by atoms with Crippen LogP contribution in [0.15, 0.2) is 12.1 Å². The van der Waals surface area contributed by atoms with Gasteiger partial charge in [-0.1, -0.05) is 13.8 Å². The van der Waals surface area contributed by atoms with Crippen molar-refractivity contribution >= 4 is 5.78 Å². The van der Waals surface area contributed by atoms with Crippen molar-refractivity contribution in [2.24, 2.45) is 13.0 Å². The van der Waals surface area contributed by atoms with E-state index in [1.807, 2.05) is 19.9 Å². The average molecular weight is 176 g/mol. The van der Waals surface area contributed by atoms with Gasteiger partial charge in [0, 0.05) is 13.0 Å². The van der Waals surface area contributed by atoms with Gasteiger partial charge in [-0.05, 0) is 12.1 Å². The van der Waals surface area contributed by atoms with E-state index in [-0.39, 0.29) is 11.7 Å². The Morgan fingerprint density at radius 2 is 2.15 bits per heavy atom. The molecule has 3 nitrogen and oxygen atoms in total. The number of aromatic nitrogens is 1. The van der Waals surface area contributed by atoms with E-state index in [1.54, 1.807) is 23.7 Å². The molecule has 0 N–H and O–H groups in total. The van der Waals surface area contributed by atoms with Crippen LogP contribution in [0.1, 0.15) is 30.0 Å². The molecule has 1 aromatic rings. The van der Waals surface area contributed by atoms with Crippen LogP contribution in [0.2, 0.25) is 0 Å². The third-order valence-corrected chi connectivity index (χ3v) is 2.01. The highest BCUT2D eigenvalue weighted by Crippen LogP contribution is 2.11. The van der Waals surface area contributed by atoms with Gasteiger partial charge >= 0.3 is 0 Å². The van der Waals surface area contributed by atoms with Crippen LogP contribution in [-0.4, -0.2) is 10.4 Å². The number of carbonyl (C=O) groups is 1. The number of nitriles is 1. The fourth-order valence-electron chi connectivity index (χ4n) is 1.17. The molecule has 1 heterocycles. The Morgan fingerprint density at radius 1 is 1.54 bits per heavy atom. The standard InChI is InChI=1S/C10H12N2O/c1-7(2)10(13)9-5-4-8(6-11)12(9)3/h4-5,7H,1-3H3. The van der Waals surface area contributed by atoms with E-state index in [9.17, 15) is 4.79 Å². The molecule has 0 saturated carbocycles. The average Bonchev–Trinajstić information content (AvgIpc) is 2.45. The predicted molar refractivity (Wildman–Crippen MR) is 49.3 cm³/mol. The number of hydrogen-bond donors (Lipinski definition) is 0. The number of hydrogen-bond acceptors (Lipinski definition) is 2. The van der Waals surface area contributed by atoms with Crippen LogP contribution >= 0.6 is 0 Å². The fourth-order valence-corrected chi connectivity index (χ4v) is 1.17. The van der Waals surface area contributed by atoms with Crippen molar-refractivity contribution in [2.45, 2.75) is 13.8 Å². The minimum absolute atomic E-state index is 0.0276. The zero-order valence-electron chi connectivity index (χ0n) is 8.03. The molecule has 0 atom stereocenters. The molecule has 13 heavy (non-hydrogen) atoms. The Labute approximate surface area is 77.6 Å². The summed E-state index contributed by atoms with van der Waals surface area (Å²) in [6.45, 7) is 3.70. The second kappa shape index (κ2) is 3.44. The maximum absolute atomic E-state index is 11.6. The van der Waals surface area contributed by atoms with E-state index < -0.39 is 0 Å². The van der Waals surface area contributed by atoms with Gasteiger partial charge in [0.15, 0.2) is 5.78 Å². The van der Waals surface area contributed by atoms with Gasteiger partial charge in [-0.2, -0.15) is 5.26 Å². The zero-order chi connectivity index (χ0) is 10.0. The molecule has 68 valence electrons. The summed E-state index contributed by atoms with van der Waals surface area (Å²) in [5, 5.41) is 8.67. The molecule has 0 fully saturated rings. The first-order valence-electron chi connectivity index (χ1n) is 4.18. The Kier molecular flexibility index (Phi) is 2.52. The van der Waals surface area contributed by atoms with Crippen molar-refractivity contribution < 1.29 is 4.79 Å². The first kappa shape index (κ1) is 9.53. The third kappa shape index (κ3) is 1.62. The van der Waals surface area contributed by atoms with Crippen molar-refractivity contribution in [1.82, 2.24) is 4.57 Å². The summed E-state index contributed by atoms with van der Waals surface area (Å²) in [5.41, 5.74) is 1.12. The van der Waals surface area contributed by atoms with E-state index in [1.165, 1.54) is 0 Å². The number of ketones is 1. The molecule has 1 aromatic heterocycles. The summed E-state index contributed by atoms with van der Waals surface area (Å²) >= 11 is 0. The molecule has 3 heteroatoms. The zero-order valence-corrected chi connectivity index (χ0v) is 8.03. The first-order valence-corrected chi connectivity index (χ1v) is 4.18. The third-order valence-electron chi connectivity index (χ3n) is 2.01. The summed E-state index contributed by atoms with van der Waals surface area (Å²) in [5.74, 6) is 0.0455. The second-order valence-corrected chi connectivity index (χ2v) is 3.29. The molecule has 0 aliphatic heterocycles. The van der Waals surface area contributed by atoms with E-state index in [4.69, 9.17) is 5.26 Å². The van der Waals surface area contributed by atoms with E-state index in [0.717, 1.165) is 0 Å². The Balaban J connectivity index is 3.11. The van der Waals surface area contributed by atoms with E-state index >= 15 is 0 Å². The Morgan fingerprint density at radius 3 is 2.54 bits per heavy atom. The normalized spacial score (nSPS) is 10.1. The summed E-state index contributed by atoms with van der Waals surface area (Å²) in [7, 11) is 1.73. The highest BCUT2D eigenvalue weighted by molar-refractivity contribution is 5.96. The summed E-state index contributed by atoms with van der Waals surface area (Å²) < 4.78 is 1.63. The van der Waals surface area contributed by atoms with Gasteiger partial charge in [-0.25, -0.2) is 0 Å². The van der Waals surface area contributed by atoms with Crippen molar-refractivity contribution in [3.63, 3.8) is 0 Å². The lowest BCUT2D eigenvalue weighted by atomic mass is 10.1. The van der Waals surface area contributed by atoms with Crippen LogP contribution in [0.3, 0.4) is 0 Å². The van der Waals surface area contributed by atoms with Crippen LogP contribution in [0.25, 0.3) is 0 Å². The Bertz CT molecular complexity index is 369. The van der Waals surface area contributed by atoms with Gasteiger partial charge in [0.1, 0.15) is 11.8 Å². The number of nitrogens with zero attached hydrogens (tertiary/aromatic N) is 2. The molecular weight excluding hydrogens is 164 g/mol. The van der Waals surface area contributed by atoms with Gasteiger partial charge in [-0.3, -0.25) is 4.79 Å². The molecule has 0 unspecified atom stereocenters.